The largest absolute Gasteiger partial charge is 0.508 e. The van der Waals surface area contributed by atoms with Crippen LogP contribution < -0.4 is 0 Å². The Labute approximate surface area is 177 Å². The Bertz CT molecular complexity index is 842. The fourth-order valence-electron chi connectivity index (χ4n) is 5.23. The van der Waals surface area contributed by atoms with E-state index in [0.29, 0.717) is 18.4 Å². The number of carbonyl (C=O) groups is 2. The molecule has 0 heterocycles. The number of aromatic hydroxyl groups is 1. The van der Waals surface area contributed by atoms with Gasteiger partial charge in [0.2, 0.25) is 0 Å². The highest BCUT2D eigenvalue weighted by Crippen LogP contribution is 2.58. The summed E-state index contributed by atoms with van der Waals surface area (Å²) in [6.07, 6.45) is 2.67. The Balaban J connectivity index is 2.01. The summed E-state index contributed by atoms with van der Waals surface area (Å²) in [7, 11) is 0. The lowest BCUT2D eigenvalue weighted by Gasteiger charge is -2.43. The van der Waals surface area contributed by atoms with Crippen molar-refractivity contribution in [2.75, 3.05) is 0 Å². The van der Waals surface area contributed by atoms with Gasteiger partial charge in [0, 0.05) is 12.8 Å². The SMILES string of the molecule is CC(=O)O[C@H]1C[C@@]2(C)CC[C@@](O)(C(C)C)[C@@H]2[C@@H](OC(=O)c2ccc(O)cc2)C=C1C. The Morgan fingerprint density at radius 1 is 1.13 bits per heavy atom. The van der Waals surface area contributed by atoms with E-state index in [-0.39, 0.29) is 29.0 Å². The highest BCUT2D eigenvalue weighted by Gasteiger charge is 2.60. The van der Waals surface area contributed by atoms with Gasteiger partial charge in [-0.3, -0.25) is 4.79 Å². The molecule has 0 bridgehead atoms. The van der Waals surface area contributed by atoms with E-state index in [4.69, 9.17) is 9.47 Å². The first-order valence-electron chi connectivity index (χ1n) is 10.5. The van der Waals surface area contributed by atoms with Gasteiger partial charge in [0.1, 0.15) is 18.0 Å². The van der Waals surface area contributed by atoms with Crippen molar-refractivity contribution >= 4 is 11.9 Å². The number of hydrogen-bond donors (Lipinski definition) is 2. The Morgan fingerprint density at radius 3 is 2.33 bits per heavy atom. The first-order valence-corrected chi connectivity index (χ1v) is 10.5. The molecule has 3 rings (SSSR count). The van der Waals surface area contributed by atoms with Crippen molar-refractivity contribution in [2.24, 2.45) is 17.3 Å². The Kier molecular flexibility index (Phi) is 6.01. The van der Waals surface area contributed by atoms with Crippen LogP contribution in [0.25, 0.3) is 0 Å². The molecule has 6 nitrogen and oxygen atoms in total. The molecule has 0 spiro atoms. The molecule has 1 fully saturated rings. The highest BCUT2D eigenvalue weighted by atomic mass is 16.5. The second-order valence-electron chi connectivity index (χ2n) is 9.41. The molecule has 164 valence electrons. The van der Waals surface area contributed by atoms with Crippen molar-refractivity contribution in [2.45, 2.75) is 71.7 Å². The first kappa shape index (κ1) is 22.3. The van der Waals surface area contributed by atoms with Crippen molar-refractivity contribution in [3.63, 3.8) is 0 Å². The van der Waals surface area contributed by atoms with Crippen LogP contribution in [0.3, 0.4) is 0 Å². The van der Waals surface area contributed by atoms with Gasteiger partial charge in [-0.15, -0.1) is 0 Å². The average Bonchev–Trinajstić information content (AvgIpc) is 2.87. The molecule has 2 aliphatic carbocycles. The number of ether oxygens (including phenoxy) is 2. The Morgan fingerprint density at radius 2 is 1.77 bits per heavy atom. The molecule has 1 aromatic carbocycles. The lowest BCUT2D eigenvalue weighted by Crippen LogP contribution is -2.50. The predicted molar refractivity (Wildman–Crippen MR) is 112 cm³/mol. The number of carbonyl (C=O) groups excluding carboxylic acids is 2. The number of phenols is 1. The summed E-state index contributed by atoms with van der Waals surface area (Å²) in [6, 6.07) is 5.89. The van der Waals surface area contributed by atoms with Gasteiger partial charge in [-0.2, -0.15) is 0 Å². The normalized spacial score (nSPS) is 33.4. The quantitative estimate of drug-likeness (QED) is 0.569. The van der Waals surface area contributed by atoms with Crippen molar-refractivity contribution in [1.82, 2.24) is 0 Å². The van der Waals surface area contributed by atoms with Gasteiger partial charge in [-0.05, 0) is 73.4 Å². The molecule has 30 heavy (non-hydrogen) atoms. The summed E-state index contributed by atoms with van der Waals surface area (Å²) in [4.78, 5) is 24.5. The number of hydrogen-bond acceptors (Lipinski definition) is 6. The topological polar surface area (TPSA) is 93.1 Å². The number of fused-ring (bicyclic) bond motifs is 1. The molecule has 2 N–H and O–H groups in total. The van der Waals surface area contributed by atoms with E-state index in [1.165, 1.54) is 31.2 Å². The zero-order valence-electron chi connectivity index (χ0n) is 18.3. The molecule has 6 heteroatoms. The van der Waals surface area contributed by atoms with Crippen LogP contribution in [-0.2, 0) is 14.3 Å². The van der Waals surface area contributed by atoms with Crippen molar-refractivity contribution in [1.29, 1.82) is 0 Å². The van der Waals surface area contributed by atoms with Gasteiger partial charge >= 0.3 is 11.9 Å². The van der Waals surface area contributed by atoms with Crippen molar-refractivity contribution in [3.8, 4) is 5.75 Å². The maximum atomic E-state index is 12.9. The van der Waals surface area contributed by atoms with Crippen molar-refractivity contribution in [3.05, 3.63) is 41.5 Å². The minimum absolute atomic E-state index is 0.0295. The Hall–Kier alpha value is -2.34. The smallest absolute Gasteiger partial charge is 0.338 e. The zero-order chi connectivity index (χ0) is 22.3. The zero-order valence-corrected chi connectivity index (χ0v) is 18.3. The van der Waals surface area contributed by atoms with Crippen LogP contribution in [0.4, 0.5) is 0 Å². The minimum atomic E-state index is -1.00. The fourth-order valence-corrected chi connectivity index (χ4v) is 5.23. The van der Waals surface area contributed by atoms with E-state index in [0.717, 1.165) is 12.0 Å². The maximum absolute atomic E-state index is 12.9. The van der Waals surface area contributed by atoms with Gasteiger partial charge in [-0.25, -0.2) is 4.79 Å². The molecule has 0 aliphatic heterocycles. The van der Waals surface area contributed by atoms with Crippen LogP contribution in [0.5, 0.6) is 5.75 Å². The summed E-state index contributed by atoms with van der Waals surface area (Å²) in [5.74, 6) is -1.17. The average molecular weight is 417 g/mol. The number of benzene rings is 1. The molecule has 1 aromatic rings. The van der Waals surface area contributed by atoms with Gasteiger partial charge in [-0.1, -0.05) is 20.8 Å². The minimum Gasteiger partial charge on any atom is -0.508 e. The second-order valence-corrected chi connectivity index (χ2v) is 9.41. The fraction of sp³-hybridized carbons (Fsp3) is 0.583. The van der Waals surface area contributed by atoms with E-state index in [1.807, 2.05) is 26.8 Å². The van der Waals surface area contributed by atoms with E-state index >= 15 is 0 Å². The van der Waals surface area contributed by atoms with Crippen LogP contribution in [0.2, 0.25) is 0 Å². The molecule has 0 unspecified atom stereocenters. The molecule has 0 saturated heterocycles. The molecule has 0 amide bonds. The summed E-state index contributed by atoms with van der Waals surface area (Å²) < 4.78 is 11.5. The first-order chi connectivity index (χ1) is 14.0. The van der Waals surface area contributed by atoms with Gasteiger partial charge < -0.3 is 19.7 Å². The lowest BCUT2D eigenvalue weighted by molar-refractivity contribution is -0.147. The third kappa shape index (κ3) is 4.10. The lowest BCUT2D eigenvalue weighted by atomic mass is 9.67. The predicted octanol–water partition coefficient (Wildman–Crippen LogP) is 4.00. The molecule has 2 aliphatic rings. The molecular weight excluding hydrogens is 384 g/mol. The summed E-state index contributed by atoms with van der Waals surface area (Å²) >= 11 is 0. The van der Waals surface area contributed by atoms with E-state index < -0.39 is 23.8 Å². The number of phenolic OH excluding ortho intramolecular Hbond substituents is 1. The van der Waals surface area contributed by atoms with Crippen LogP contribution in [0.1, 0.15) is 64.2 Å². The van der Waals surface area contributed by atoms with Crippen molar-refractivity contribution < 1.29 is 29.3 Å². The molecular formula is C24H32O6. The third-order valence-corrected chi connectivity index (χ3v) is 6.96. The monoisotopic (exact) mass is 416 g/mol. The molecule has 5 atom stereocenters. The summed E-state index contributed by atoms with van der Waals surface area (Å²) in [5, 5.41) is 21.1. The molecule has 0 radical (unpaired) electrons. The standard InChI is InChI=1S/C24H32O6/c1-14(2)24(28)11-10-23(5)13-20(29-16(4)25)15(3)12-19(21(23)24)30-22(27)17-6-8-18(26)9-7-17/h6-9,12,14,19-21,26,28H,10-11,13H2,1-5H3/t19-,20-,21+,23+,24+/m0/s1. The van der Waals surface area contributed by atoms with E-state index in [1.54, 1.807) is 0 Å². The maximum Gasteiger partial charge on any atom is 0.338 e. The molecule has 1 saturated carbocycles. The molecule has 0 aromatic heterocycles. The van der Waals surface area contributed by atoms with Crippen LogP contribution >= 0.6 is 0 Å². The summed E-state index contributed by atoms with van der Waals surface area (Å²) in [5.41, 5.74) is -0.230. The second kappa shape index (κ2) is 8.06. The van der Waals surface area contributed by atoms with Crippen LogP contribution in [0, 0.1) is 17.3 Å². The van der Waals surface area contributed by atoms with E-state index in [9.17, 15) is 19.8 Å². The van der Waals surface area contributed by atoms with Gasteiger partial charge in [0.15, 0.2) is 0 Å². The number of rotatable bonds is 4. The third-order valence-electron chi connectivity index (χ3n) is 6.96. The number of aliphatic hydroxyl groups is 1. The van der Waals surface area contributed by atoms with Gasteiger partial charge in [0.05, 0.1) is 11.2 Å². The summed E-state index contributed by atoms with van der Waals surface area (Å²) in [6.45, 7) is 9.31. The number of esters is 2. The van der Waals surface area contributed by atoms with Crippen LogP contribution in [-0.4, -0.2) is 40.0 Å². The van der Waals surface area contributed by atoms with Crippen LogP contribution in [0.15, 0.2) is 35.9 Å². The van der Waals surface area contributed by atoms with Gasteiger partial charge in [0.25, 0.3) is 0 Å². The van der Waals surface area contributed by atoms with E-state index in [2.05, 4.69) is 6.92 Å². The highest BCUT2D eigenvalue weighted by molar-refractivity contribution is 5.89.